The number of para-hydroxylation sites is 1. The molecule has 17 heavy (non-hydrogen) atoms. The van der Waals surface area contributed by atoms with Gasteiger partial charge in [-0.25, -0.2) is 4.99 Å². The van der Waals surface area contributed by atoms with Gasteiger partial charge >= 0.3 is 0 Å². The molecule has 1 aliphatic heterocycles. The molecule has 0 bridgehead atoms. The zero-order valence-corrected chi connectivity index (χ0v) is 8.96. The van der Waals surface area contributed by atoms with E-state index in [1.807, 2.05) is 24.3 Å². The van der Waals surface area contributed by atoms with Crippen LogP contribution in [0.15, 0.2) is 35.3 Å². The fourth-order valence-electron chi connectivity index (χ4n) is 1.91. The monoisotopic (exact) mass is 229 g/mol. The number of aliphatic imine (C=N–C) groups is 1. The number of hydrogen-bond acceptors (Lipinski definition) is 4. The van der Waals surface area contributed by atoms with E-state index < -0.39 is 0 Å². The summed E-state index contributed by atoms with van der Waals surface area (Å²) in [6, 6.07) is 9.28. The molecule has 5 heteroatoms. The van der Waals surface area contributed by atoms with Gasteiger partial charge in [0, 0.05) is 6.07 Å². The van der Waals surface area contributed by atoms with E-state index in [2.05, 4.69) is 9.98 Å². The number of rotatable bonds is 1. The Morgan fingerprint density at radius 3 is 2.82 bits per heavy atom. The van der Waals surface area contributed by atoms with Gasteiger partial charge in [-0.15, -0.1) is 0 Å². The average Bonchev–Trinajstić information content (AvgIpc) is 2.68. The Labute approximate surface area is 97.7 Å². The summed E-state index contributed by atoms with van der Waals surface area (Å²) in [7, 11) is 0. The lowest BCUT2D eigenvalue weighted by atomic mass is 10.1. The lowest BCUT2D eigenvalue weighted by molar-refractivity contribution is 0.425. The second-order valence-electron chi connectivity index (χ2n) is 3.89. The molecule has 2 heterocycles. The third-order valence-corrected chi connectivity index (χ3v) is 2.74. The van der Waals surface area contributed by atoms with E-state index in [4.69, 9.17) is 0 Å². The number of benzene rings is 1. The maximum absolute atomic E-state index is 9.61. The summed E-state index contributed by atoms with van der Waals surface area (Å²) in [6.45, 7) is 0.616. The van der Waals surface area contributed by atoms with Crippen molar-refractivity contribution in [2.24, 2.45) is 4.99 Å². The standard InChI is InChI=1S/C12H11N3O2/c16-11-5-10(12(17)14-11)15-6-8-3-1-2-4-9(8)13-7-15/h1-5,7,14,16-17H,6H2. The Morgan fingerprint density at radius 2 is 2.06 bits per heavy atom. The van der Waals surface area contributed by atoms with Crippen molar-refractivity contribution in [1.82, 2.24) is 4.98 Å². The van der Waals surface area contributed by atoms with Crippen molar-refractivity contribution >= 4 is 17.7 Å². The second-order valence-corrected chi connectivity index (χ2v) is 3.89. The predicted octanol–water partition coefficient (Wildman–Crippen LogP) is 2.11. The number of nitrogens with one attached hydrogen (secondary N) is 1. The topological polar surface area (TPSA) is 71.8 Å². The highest BCUT2D eigenvalue weighted by Gasteiger charge is 2.17. The Bertz CT molecular complexity index is 589. The van der Waals surface area contributed by atoms with Gasteiger partial charge in [0.05, 0.1) is 18.6 Å². The van der Waals surface area contributed by atoms with Gasteiger partial charge < -0.3 is 15.1 Å². The molecule has 0 saturated heterocycles. The number of aromatic amines is 1. The Hall–Kier alpha value is -2.43. The van der Waals surface area contributed by atoms with Crippen LogP contribution in [0.4, 0.5) is 11.4 Å². The molecule has 3 N–H and O–H groups in total. The van der Waals surface area contributed by atoms with E-state index in [0.29, 0.717) is 12.2 Å². The molecule has 0 saturated carbocycles. The Morgan fingerprint density at radius 1 is 1.24 bits per heavy atom. The minimum absolute atomic E-state index is 0.0617. The molecule has 86 valence electrons. The van der Waals surface area contributed by atoms with E-state index in [9.17, 15) is 10.2 Å². The summed E-state index contributed by atoms with van der Waals surface area (Å²) in [6.07, 6.45) is 1.64. The van der Waals surface area contributed by atoms with Gasteiger partial charge in [0.25, 0.3) is 0 Å². The van der Waals surface area contributed by atoms with Crippen molar-refractivity contribution in [3.05, 3.63) is 35.9 Å². The van der Waals surface area contributed by atoms with Crippen LogP contribution < -0.4 is 4.90 Å². The first-order valence-electron chi connectivity index (χ1n) is 5.24. The van der Waals surface area contributed by atoms with Crippen molar-refractivity contribution in [3.63, 3.8) is 0 Å². The molecule has 0 radical (unpaired) electrons. The van der Waals surface area contributed by atoms with Gasteiger partial charge in [0.15, 0.2) is 5.88 Å². The summed E-state index contributed by atoms with van der Waals surface area (Å²) in [5.41, 5.74) is 2.53. The number of aromatic hydroxyl groups is 2. The van der Waals surface area contributed by atoms with Gasteiger partial charge in [-0.3, -0.25) is 4.98 Å². The average molecular weight is 229 g/mol. The van der Waals surface area contributed by atoms with E-state index in [1.165, 1.54) is 6.07 Å². The maximum Gasteiger partial charge on any atom is 0.215 e. The summed E-state index contributed by atoms with van der Waals surface area (Å²) in [4.78, 5) is 8.50. The number of anilines is 1. The van der Waals surface area contributed by atoms with E-state index in [-0.39, 0.29) is 11.8 Å². The highest BCUT2D eigenvalue weighted by atomic mass is 16.3. The highest BCUT2D eigenvalue weighted by Crippen LogP contribution is 2.34. The van der Waals surface area contributed by atoms with Gasteiger partial charge in [0.2, 0.25) is 5.88 Å². The molecule has 1 aromatic heterocycles. The fraction of sp³-hybridized carbons (Fsp3) is 0.0833. The van der Waals surface area contributed by atoms with Gasteiger partial charge in [-0.05, 0) is 11.6 Å². The molecule has 0 fully saturated rings. The third kappa shape index (κ3) is 1.61. The normalized spacial score (nSPS) is 13.8. The van der Waals surface area contributed by atoms with Crippen LogP contribution >= 0.6 is 0 Å². The molecule has 0 spiro atoms. The number of fused-ring (bicyclic) bond motifs is 1. The van der Waals surface area contributed by atoms with E-state index in [0.717, 1.165) is 11.3 Å². The van der Waals surface area contributed by atoms with Gasteiger partial charge in [0.1, 0.15) is 5.69 Å². The number of hydrogen-bond donors (Lipinski definition) is 3. The lowest BCUT2D eigenvalue weighted by Crippen LogP contribution is -2.22. The van der Waals surface area contributed by atoms with Crippen LogP contribution in [0.3, 0.4) is 0 Å². The molecule has 0 atom stereocenters. The number of aromatic nitrogens is 1. The van der Waals surface area contributed by atoms with Crippen molar-refractivity contribution < 1.29 is 10.2 Å². The van der Waals surface area contributed by atoms with Crippen LogP contribution in [0, 0.1) is 0 Å². The molecule has 2 aromatic rings. The fourth-order valence-corrected chi connectivity index (χ4v) is 1.91. The predicted molar refractivity (Wildman–Crippen MR) is 64.9 cm³/mol. The van der Waals surface area contributed by atoms with Crippen molar-refractivity contribution in [2.45, 2.75) is 6.54 Å². The lowest BCUT2D eigenvalue weighted by Gasteiger charge is -2.23. The van der Waals surface area contributed by atoms with Crippen LogP contribution in [-0.4, -0.2) is 21.5 Å². The van der Waals surface area contributed by atoms with Crippen LogP contribution in [-0.2, 0) is 6.54 Å². The molecule has 0 aliphatic carbocycles. The van der Waals surface area contributed by atoms with Gasteiger partial charge in [-0.1, -0.05) is 18.2 Å². The number of H-pyrrole nitrogens is 1. The highest BCUT2D eigenvalue weighted by molar-refractivity contribution is 5.86. The summed E-state index contributed by atoms with van der Waals surface area (Å²) < 4.78 is 0. The van der Waals surface area contributed by atoms with E-state index in [1.54, 1.807) is 11.2 Å². The summed E-state index contributed by atoms with van der Waals surface area (Å²) in [5, 5.41) is 18.9. The molecular weight excluding hydrogens is 218 g/mol. The minimum atomic E-state index is -0.0650. The zero-order chi connectivity index (χ0) is 11.8. The molecule has 5 nitrogen and oxygen atoms in total. The maximum atomic E-state index is 9.61. The van der Waals surface area contributed by atoms with Crippen LogP contribution in [0.1, 0.15) is 5.56 Å². The van der Waals surface area contributed by atoms with Crippen LogP contribution in [0.25, 0.3) is 0 Å². The first-order valence-corrected chi connectivity index (χ1v) is 5.24. The Balaban J connectivity index is 1.97. The molecule has 1 aromatic carbocycles. The zero-order valence-electron chi connectivity index (χ0n) is 8.96. The summed E-state index contributed by atoms with van der Waals surface area (Å²) >= 11 is 0. The molecule has 1 aliphatic rings. The molecular formula is C12H11N3O2. The molecule has 3 rings (SSSR count). The second kappa shape index (κ2) is 3.55. The van der Waals surface area contributed by atoms with Crippen molar-refractivity contribution in [3.8, 4) is 11.8 Å². The molecule has 0 amide bonds. The van der Waals surface area contributed by atoms with Gasteiger partial charge in [-0.2, -0.15) is 0 Å². The minimum Gasteiger partial charge on any atom is -0.494 e. The largest absolute Gasteiger partial charge is 0.494 e. The van der Waals surface area contributed by atoms with Crippen LogP contribution in [0.5, 0.6) is 11.8 Å². The van der Waals surface area contributed by atoms with Crippen molar-refractivity contribution in [1.29, 1.82) is 0 Å². The third-order valence-electron chi connectivity index (χ3n) is 2.74. The summed E-state index contributed by atoms with van der Waals surface area (Å²) in [5.74, 6) is -0.127. The SMILES string of the molecule is Oc1cc(N2C=Nc3ccccc3C2)c(O)[nH]1. The molecule has 0 unspecified atom stereocenters. The smallest absolute Gasteiger partial charge is 0.215 e. The van der Waals surface area contributed by atoms with Crippen LogP contribution in [0.2, 0.25) is 0 Å². The Kier molecular flexibility index (Phi) is 2.04. The van der Waals surface area contributed by atoms with E-state index >= 15 is 0 Å². The van der Waals surface area contributed by atoms with Crippen molar-refractivity contribution in [2.75, 3.05) is 4.90 Å². The first kappa shape index (κ1) is 9.77. The number of nitrogens with zero attached hydrogens (tertiary/aromatic N) is 2. The quantitative estimate of drug-likeness (QED) is 0.701. The first-order chi connectivity index (χ1) is 8.24.